The molecule has 0 spiro atoms. The Bertz CT molecular complexity index is 301. The highest BCUT2D eigenvalue weighted by atomic mass is 32.2. The SMILES string of the molecule is CC[C@H]1CN(S(=O)(=O)C(C)C)CC[C@H]1N. The molecule has 0 saturated carbocycles. The van der Waals surface area contributed by atoms with E-state index in [0.29, 0.717) is 19.0 Å². The first-order chi connectivity index (χ1) is 6.89. The van der Waals surface area contributed by atoms with Crippen molar-refractivity contribution in [2.24, 2.45) is 11.7 Å². The molecule has 0 aromatic carbocycles. The molecule has 5 heteroatoms. The molecule has 1 heterocycles. The highest BCUT2D eigenvalue weighted by Crippen LogP contribution is 2.22. The molecule has 0 aromatic rings. The number of hydrogen-bond donors (Lipinski definition) is 1. The largest absolute Gasteiger partial charge is 0.327 e. The van der Waals surface area contributed by atoms with E-state index in [2.05, 4.69) is 6.92 Å². The van der Waals surface area contributed by atoms with Gasteiger partial charge in [-0.05, 0) is 26.2 Å². The quantitative estimate of drug-likeness (QED) is 0.785. The van der Waals surface area contributed by atoms with Crippen molar-refractivity contribution in [1.29, 1.82) is 0 Å². The lowest BCUT2D eigenvalue weighted by Gasteiger charge is -2.36. The summed E-state index contributed by atoms with van der Waals surface area (Å²) in [4.78, 5) is 0. The average Bonchev–Trinajstić information content (AvgIpc) is 2.18. The molecule has 0 aliphatic carbocycles. The Balaban J connectivity index is 2.75. The van der Waals surface area contributed by atoms with E-state index in [9.17, 15) is 8.42 Å². The summed E-state index contributed by atoms with van der Waals surface area (Å²) in [5.41, 5.74) is 5.95. The van der Waals surface area contributed by atoms with Gasteiger partial charge in [-0.2, -0.15) is 0 Å². The summed E-state index contributed by atoms with van der Waals surface area (Å²) in [6, 6.07) is 0.161. The minimum atomic E-state index is -3.09. The van der Waals surface area contributed by atoms with E-state index in [-0.39, 0.29) is 11.3 Å². The Morgan fingerprint density at radius 1 is 1.47 bits per heavy atom. The van der Waals surface area contributed by atoms with Gasteiger partial charge in [-0.15, -0.1) is 0 Å². The van der Waals surface area contributed by atoms with Crippen molar-refractivity contribution >= 4 is 10.0 Å². The summed E-state index contributed by atoms with van der Waals surface area (Å²) in [5, 5.41) is -0.329. The number of piperidine rings is 1. The first kappa shape index (κ1) is 12.9. The molecule has 0 unspecified atom stereocenters. The number of hydrogen-bond acceptors (Lipinski definition) is 3. The van der Waals surface area contributed by atoms with Crippen molar-refractivity contribution in [1.82, 2.24) is 4.31 Å². The number of sulfonamides is 1. The predicted octanol–water partition coefficient (Wildman–Crippen LogP) is 0.784. The van der Waals surface area contributed by atoms with E-state index >= 15 is 0 Å². The summed E-state index contributed by atoms with van der Waals surface area (Å²) in [6.07, 6.45) is 1.73. The van der Waals surface area contributed by atoms with Crippen LogP contribution in [0.4, 0.5) is 0 Å². The average molecular weight is 234 g/mol. The topological polar surface area (TPSA) is 63.4 Å². The van der Waals surface area contributed by atoms with Crippen LogP contribution in [0, 0.1) is 5.92 Å². The number of nitrogens with zero attached hydrogens (tertiary/aromatic N) is 1. The predicted molar refractivity (Wildman–Crippen MR) is 62.0 cm³/mol. The Morgan fingerprint density at radius 2 is 2.07 bits per heavy atom. The molecule has 1 rings (SSSR count). The lowest BCUT2D eigenvalue weighted by atomic mass is 9.92. The lowest BCUT2D eigenvalue weighted by Crippen LogP contribution is -2.50. The van der Waals surface area contributed by atoms with E-state index in [4.69, 9.17) is 5.73 Å². The van der Waals surface area contributed by atoms with Gasteiger partial charge in [0.05, 0.1) is 5.25 Å². The van der Waals surface area contributed by atoms with Gasteiger partial charge in [-0.3, -0.25) is 0 Å². The minimum Gasteiger partial charge on any atom is -0.327 e. The van der Waals surface area contributed by atoms with Gasteiger partial charge in [0.2, 0.25) is 10.0 Å². The van der Waals surface area contributed by atoms with Crippen LogP contribution in [0.5, 0.6) is 0 Å². The maximum absolute atomic E-state index is 11.9. The molecule has 1 aliphatic heterocycles. The third-order valence-corrected chi connectivity index (χ3v) is 5.48. The van der Waals surface area contributed by atoms with Crippen LogP contribution < -0.4 is 5.73 Å². The first-order valence-corrected chi connectivity index (χ1v) is 7.14. The van der Waals surface area contributed by atoms with Crippen LogP contribution in [0.2, 0.25) is 0 Å². The van der Waals surface area contributed by atoms with Gasteiger partial charge in [-0.25, -0.2) is 12.7 Å². The summed E-state index contributed by atoms with van der Waals surface area (Å²) < 4.78 is 25.5. The fourth-order valence-electron chi connectivity index (χ4n) is 1.98. The van der Waals surface area contributed by atoms with Crippen LogP contribution >= 0.6 is 0 Å². The van der Waals surface area contributed by atoms with Crippen LogP contribution in [-0.2, 0) is 10.0 Å². The third-order valence-electron chi connectivity index (χ3n) is 3.24. The van der Waals surface area contributed by atoms with Crippen molar-refractivity contribution in [3.8, 4) is 0 Å². The third kappa shape index (κ3) is 2.71. The molecule has 4 nitrogen and oxygen atoms in total. The molecule has 1 fully saturated rings. The van der Waals surface area contributed by atoms with Gasteiger partial charge >= 0.3 is 0 Å². The summed E-state index contributed by atoms with van der Waals surface area (Å²) in [7, 11) is -3.09. The van der Waals surface area contributed by atoms with E-state index in [1.807, 2.05) is 0 Å². The zero-order valence-corrected chi connectivity index (χ0v) is 10.6. The maximum atomic E-state index is 11.9. The molecule has 90 valence electrons. The molecule has 0 aromatic heterocycles. The Hall–Kier alpha value is -0.130. The molecule has 0 amide bonds. The smallest absolute Gasteiger partial charge is 0.216 e. The second-order valence-corrected chi connectivity index (χ2v) is 7.06. The highest BCUT2D eigenvalue weighted by Gasteiger charge is 2.33. The Kier molecular flexibility index (Phi) is 4.14. The van der Waals surface area contributed by atoms with Crippen LogP contribution in [0.25, 0.3) is 0 Å². The van der Waals surface area contributed by atoms with Crippen LogP contribution in [0.1, 0.15) is 33.6 Å². The molecule has 2 N–H and O–H groups in total. The Morgan fingerprint density at radius 3 is 2.53 bits per heavy atom. The van der Waals surface area contributed by atoms with Gasteiger partial charge in [0.15, 0.2) is 0 Å². The number of rotatable bonds is 3. The van der Waals surface area contributed by atoms with Gasteiger partial charge in [-0.1, -0.05) is 13.3 Å². The van der Waals surface area contributed by atoms with Gasteiger partial charge in [0, 0.05) is 19.1 Å². The standard InChI is InChI=1S/C10H22N2O2S/c1-4-9-7-12(6-5-10(9)11)15(13,14)8(2)3/h8-10H,4-7,11H2,1-3H3/t9-,10+/m0/s1. The second kappa shape index (κ2) is 4.80. The minimum absolute atomic E-state index is 0.161. The van der Waals surface area contributed by atoms with Crippen LogP contribution in [-0.4, -0.2) is 37.1 Å². The van der Waals surface area contributed by atoms with Crippen LogP contribution in [0.15, 0.2) is 0 Å². The van der Waals surface area contributed by atoms with E-state index < -0.39 is 10.0 Å². The normalized spacial score (nSPS) is 29.7. The number of nitrogens with two attached hydrogens (primary N) is 1. The fourth-order valence-corrected chi connectivity index (χ4v) is 3.33. The second-order valence-electron chi connectivity index (χ2n) is 4.57. The van der Waals surface area contributed by atoms with Crippen molar-refractivity contribution in [2.45, 2.75) is 44.9 Å². The molecule has 0 radical (unpaired) electrons. The first-order valence-electron chi connectivity index (χ1n) is 5.64. The van der Waals surface area contributed by atoms with Crippen molar-refractivity contribution < 1.29 is 8.42 Å². The van der Waals surface area contributed by atoms with E-state index in [1.54, 1.807) is 18.2 Å². The maximum Gasteiger partial charge on any atom is 0.216 e. The highest BCUT2D eigenvalue weighted by molar-refractivity contribution is 7.89. The van der Waals surface area contributed by atoms with E-state index in [0.717, 1.165) is 12.8 Å². The van der Waals surface area contributed by atoms with Crippen LogP contribution in [0.3, 0.4) is 0 Å². The fraction of sp³-hybridized carbons (Fsp3) is 1.00. The van der Waals surface area contributed by atoms with Crippen molar-refractivity contribution in [2.75, 3.05) is 13.1 Å². The van der Waals surface area contributed by atoms with Gasteiger partial charge in [0.1, 0.15) is 0 Å². The summed E-state index contributed by atoms with van der Waals surface area (Å²) >= 11 is 0. The van der Waals surface area contributed by atoms with Gasteiger partial charge < -0.3 is 5.73 Å². The zero-order chi connectivity index (χ0) is 11.6. The molecule has 1 saturated heterocycles. The monoisotopic (exact) mass is 234 g/mol. The van der Waals surface area contributed by atoms with Crippen molar-refractivity contribution in [3.63, 3.8) is 0 Å². The molecule has 1 aliphatic rings. The lowest BCUT2D eigenvalue weighted by molar-refractivity contribution is 0.229. The molecular formula is C10H22N2O2S. The molecule has 15 heavy (non-hydrogen) atoms. The zero-order valence-electron chi connectivity index (χ0n) is 9.81. The Labute approximate surface area is 92.9 Å². The summed E-state index contributed by atoms with van der Waals surface area (Å²) in [5.74, 6) is 0.312. The summed E-state index contributed by atoms with van der Waals surface area (Å²) in [6.45, 7) is 6.70. The molecular weight excluding hydrogens is 212 g/mol. The van der Waals surface area contributed by atoms with Gasteiger partial charge in [0.25, 0.3) is 0 Å². The van der Waals surface area contributed by atoms with E-state index in [1.165, 1.54) is 0 Å². The van der Waals surface area contributed by atoms with Crippen molar-refractivity contribution in [3.05, 3.63) is 0 Å². The molecule has 2 atom stereocenters. The molecule has 0 bridgehead atoms.